The third-order valence-corrected chi connectivity index (χ3v) is 5.75. The number of carbonyl (C=O) groups is 1. The molecule has 10 heteroatoms. The van der Waals surface area contributed by atoms with Gasteiger partial charge >= 0.3 is 6.18 Å². The minimum Gasteiger partial charge on any atom is -0.364 e. The first-order chi connectivity index (χ1) is 10.4. The predicted molar refractivity (Wildman–Crippen MR) is 79.1 cm³/mol. The molecule has 0 aliphatic carbocycles. The summed E-state index contributed by atoms with van der Waals surface area (Å²) < 4.78 is 62.7. The summed E-state index contributed by atoms with van der Waals surface area (Å²) in [4.78, 5) is 13.5. The molecule has 1 atom stereocenters. The van der Waals surface area contributed by atoms with E-state index in [-0.39, 0.29) is 15.9 Å². The Balaban J connectivity index is 2.72. The van der Waals surface area contributed by atoms with Crippen molar-refractivity contribution in [3.05, 3.63) is 28.9 Å². The van der Waals surface area contributed by atoms with Crippen LogP contribution in [0.25, 0.3) is 10.9 Å². The molecule has 1 aromatic heterocycles. The summed E-state index contributed by atoms with van der Waals surface area (Å²) in [6.45, 7) is 0.928. The van der Waals surface area contributed by atoms with Crippen LogP contribution in [-0.4, -0.2) is 30.7 Å². The van der Waals surface area contributed by atoms with Crippen LogP contribution in [0.3, 0.4) is 0 Å². The second-order valence-electron chi connectivity index (χ2n) is 5.06. The molecule has 0 spiro atoms. The van der Waals surface area contributed by atoms with Gasteiger partial charge in [-0.05, 0) is 25.1 Å². The lowest BCUT2D eigenvalue weighted by Gasteiger charge is -2.15. The number of rotatable bonds is 4. The number of nitrogens with two attached hydrogens (primary N) is 1. The van der Waals surface area contributed by atoms with Gasteiger partial charge in [0.15, 0.2) is 9.84 Å². The van der Waals surface area contributed by atoms with Crippen molar-refractivity contribution in [2.45, 2.75) is 29.7 Å². The molecular formula is C13H12ClF3N2O3S. The molecule has 3 N–H and O–H groups in total. The van der Waals surface area contributed by atoms with E-state index in [0.717, 1.165) is 6.92 Å². The maximum absolute atomic E-state index is 12.6. The third kappa shape index (κ3) is 3.45. The van der Waals surface area contributed by atoms with Crippen molar-refractivity contribution in [1.29, 1.82) is 0 Å². The first-order valence-corrected chi connectivity index (χ1v) is 8.27. The number of aromatic amines is 1. The molecule has 0 aliphatic rings. The van der Waals surface area contributed by atoms with Crippen LogP contribution in [0.4, 0.5) is 13.2 Å². The summed E-state index contributed by atoms with van der Waals surface area (Å²) in [5, 5.41) is -1.58. The number of benzene rings is 1. The Morgan fingerprint density at radius 1 is 1.39 bits per heavy atom. The minimum atomic E-state index is -4.66. The van der Waals surface area contributed by atoms with Gasteiger partial charge in [-0.1, -0.05) is 11.6 Å². The number of aromatic nitrogens is 1. The maximum Gasteiger partial charge on any atom is 0.390 e. The van der Waals surface area contributed by atoms with E-state index in [4.69, 9.17) is 17.3 Å². The van der Waals surface area contributed by atoms with Crippen molar-refractivity contribution in [3.8, 4) is 0 Å². The topological polar surface area (TPSA) is 93.0 Å². The molecular weight excluding hydrogens is 357 g/mol. The average molecular weight is 369 g/mol. The molecule has 1 heterocycles. The van der Waals surface area contributed by atoms with Gasteiger partial charge < -0.3 is 10.7 Å². The average Bonchev–Trinajstić information content (AvgIpc) is 2.75. The molecule has 0 radical (unpaired) electrons. The van der Waals surface area contributed by atoms with Crippen molar-refractivity contribution < 1.29 is 26.4 Å². The SMILES string of the molecule is CC(CC(F)(F)F)S(=O)(=O)c1c(C(N)=O)[nH]c2ccc(Cl)cc12. The Labute approximate surface area is 134 Å². The molecule has 0 fully saturated rings. The Morgan fingerprint density at radius 3 is 2.52 bits per heavy atom. The second kappa shape index (κ2) is 5.72. The summed E-state index contributed by atoms with van der Waals surface area (Å²) in [7, 11) is -4.46. The molecule has 0 bridgehead atoms. The molecule has 23 heavy (non-hydrogen) atoms. The molecule has 1 aromatic carbocycles. The van der Waals surface area contributed by atoms with E-state index < -0.39 is 44.2 Å². The van der Waals surface area contributed by atoms with Crippen molar-refractivity contribution in [2.75, 3.05) is 0 Å². The number of fused-ring (bicyclic) bond motifs is 1. The summed E-state index contributed by atoms with van der Waals surface area (Å²) in [5.74, 6) is -1.09. The van der Waals surface area contributed by atoms with Gasteiger partial charge in [0.1, 0.15) is 10.6 Å². The van der Waals surface area contributed by atoms with Crippen LogP contribution in [0.15, 0.2) is 23.1 Å². The lowest BCUT2D eigenvalue weighted by atomic mass is 10.2. The lowest BCUT2D eigenvalue weighted by Crippen LogP contribution is -2.27. The van der Waals surface area contributed by atoms with Gasteiger partial charge in [0.2, 0.25) is 0 Å². The van der Waals surface area contributed by atoms with Gasteiger partial charge in [-0.15, -0.1) is 0 Å². The first kappa shape index (κ1) is 17.6. The van der Waals surface area contributed by atoms with Gasteiger partial charge in [0.25, 0.3) is 5.91 Å². The zero-order chi connectivity index (χ0) is 17.6. The second-order valence-corrected chi connectivity index (χ2v) is 7.80. The Morgan fingerprint density at radius 2 is 2.00 bits per heavy atom. The number of H-pyrrole nitrogens is 1. The summed E-state index contributed by atoms with van der Waals surface area (Å²) in [5.41, 5.74) is 4.93. The largest absolute Gasteiger partial charge is 0.390 e. The number of hydrogen-bond donors (Lipinski definition) is 2. The third-order valence-electron chi connectivity index (χ3n) is 3.29. The highest BCUT2D eigenvalue weighted by molar-refractivity contribution is 7.92. The minimum absolute atomic E-state index is 0.0281. The van der Waals surface area contributed by atoms with E-state index in [1.54, 1.807) is 0 Å². The van der Waals surface area contributed by atoms with Gasteiger partial charge in [-0.3, -0.25) is 4.79 Å². The molecule has 2 aromatic rings. The van der Waals surface area contributed by atoms with E-state index in [9.17, 15) is 26.4 Å². The van der Waals surface area contributed by atoms with Gasteiger partial charge in [0, 0.05) is 15.9 Å². The number of hydrogen-bond acceptors (Lipinski definition) is 3. The Kier molecular flexibility index (Phi) is 4.38. The normalized spacial score (nSPS) is 14.1. The van der Waals surface area contributed by atoms with Crippen LogP contribution in [0.1, 0.15) is 23.8 Å². The number of sulfone groups is 1. The summed E-state index contributed by atoms with van der Waals surface area (Å²) in [6, 6.07) is 4.12. The molecule has 5 nitrogen and oxygen atoms in total. The summed E-state index contributed by atoms with van der Waals surface area (Å²) >= 11 is 5.81. The van der Waals surface area contributed by atoms with E-state index >= 15 is 0 Å². The van der Waals surface area contributed by atoms with E-state index in [1.807, 2.05) is 0 Å². The molecule has 2 rings (SSSR count). The van der Waals surface area contributed by atoms with Crippen molar-refractivity contribution in [1.82, 2.24) is 4.98 Å². The van der Waals surface area contributed by atoms with Crippen LogP contribution in [0, 0.1) is 0 Å². The fraction of sp³-hybridized carbons (Fsp3) is 0.308. The first-order valence-electron chi connectivity index (χ1n) is 6.35. The van der Waals surface area contributed by atoms with E-state index in [1.165, 1.54) is 18.2 Å². The van der Waals surface area contributed by atoms with Gasteiger partial charge in [-0.2, -0.15) is 13.2 Å². The van der Waals surface area contributed by atoms with Crippen LogP contribution in [-0.2, 0) is 9.84 Å². The molecule has 0 saturated heterocycles. The maximum atomic E-state index is 12.6. The smallest absolute Gasteiger partial charge is 0.364 e. The van der Waals surface area contributed by atoms with Gasteiger partial charge in [0.05, 0.1) is 11.7 Å². The van der Waals surface area contributed by atoms with Crippen molar-refractivity contribution in [3.63, 3.8) is 0 Å². The Bertz CT molecular complexity index is 874. The number of halogens is 4. The number of nitrogens with one attached hydrogen (secondary N) is 1. The van der Waals surface area contributed by atoms with Crippen LogP contribution < -0.4 is 5.73 Å². The number of amides is 1. The highest BCUT2D eigenvalue weighted by atomic mass is 35.5. The highest BCUT2D eigenvalue weighted by Crippen LogP contribution is 2.34. The number of primary amides is 1. The molecule has 1 amide bonds. The highest BCUT2D eigenvalue weighted by Gasteiger charge is 2.39. The zero-order valence-corrected chi connectivity index (χ0v) is 13.3. The van der Waals surface area contributed by atoms with Crippen LogP contribution >= 0.6 is 11.6 Å². The number of carbonyl (C=O) groups excluding carboxylic acids is 1. The molecule has 0 aliphatic heterocycles. The van der Waals surface area contributed by atoms with Crippen LogP contribution in [0.2, 0.25) is 5.02 Å². The van der Waals surface area contributed by atoms with Gasteiger partial charge in [-0.25, -0.2) is 8.42 Å². The standard InChI is InChI=1S/C13H12ClF3N2O3S/c1-6(5-13(15,16)17)23(21,22)11-8-4-7(14)2-3-9(8)19-10(11)12(18)20/h2-4,6,19H,5H2,1H3,(H2,18,20). The van der Waals surface area contributed by atoms with Crippen molar-refractivity contribution in [2.24, 2.45) is 5.73 Å². The molecule has 0 saturated carbocycles. The van der Waals surface area contributed by atoms with Crippen LogP contribution in [0.5, 0.6) is 0 Å². The molecule has 126 valence electrons. The lowest BCUT2D eigenvalue weighted by molar-refractivity contribution is -0.133. The fourth-order valence-electron chi connectivity index (χ4n) is 2.25. The summed E-state index contributed by atoms with van der Waals surface area (Å²) in [6.07, 6.45) is -6.20. The molecule has 1 unspecified atom stereocenters. The van der Waals surface area contributed by atoms with Crippen molar-refractivity contribution >= 4 is 38.2 Å². The quantitative estimate of drug-likeness (QED) is 0.868. The predicted octanol–water partition coefficient (Wildman–Crippen LogP) is 3.03. The van der Waals surface area contributed by atoms with E-state index in [0.29, 0.717) is 0 Å². The Hall–Kier alpha value is -1.74. The monoisotopic (exact) mass is 368 g/mol. The number of alkyl halides is 3. The fourth-order valence-corrected chi connectivity index (χ4v) is 4.14. The zero-order valence-electron chi connectivity index (χ0n) is 11.7. The van der Waals surface area contributed by atoms with E-state index in [2.05, 4.69) is 4.98 Å².